The predicted octanol–water partition coefficient (Wildman–Crippen LogP) is -0.207. The smallest absolute Gasteiger partial charge is 0.244 e. The molecule has 0 amide bonds. The summed E-state index contributed by atoms with van der Waals surface area (Å²) in [5.74, 6) is 0.835. The van der Waals surface area contributed by atoms with E-state index in [0.29, 0.717) is 24.9 Å². The van der Waals surface area contributed by atoms with Crippen molar-refractivity contribution in [3.8, 4) is 6.07 Å². The number of pyridine rings is 1. The largest absolute Gasteiger partial charge is 0.316 e. The molecule has 0 aromatic carbocycles. The number of rotatable bonds is 2. The van der Waals surface area contributed by atoms with E-state index in [4.69, 9.17) is 5.26 Å². The van der Waals surface area contributed by atoms with Crippen LogP contribution >= 0.6 is 0 Å². The van der Waals surface area contributed by atoms with E-state index in [2.05, 4.69) is 10.3 Å². The Bertz CT molecular complexity index is 608. The first-order chi connectivity index (χ1) is 9.11. The minimum absolute atomic E-state index is 0.166. The number of nitriles is 1. The lowest BCUT2D eigenvalue weighted by Crippen LogP contribution is -2.32. The average molecular weight is 278 g/mol. The van der Waals surface area contributed by atoms with Crippen molar-refractivity contribution in [1.29, 1.82) is 5.26 Å². The van der Waals surface area contributed by atoms with Gasteiger partial charge in [-0.3, -0.25) is 0 Å². The molecule has 0 radical (unpaired) electrons. The van der Waals surface area contributed by atoms with E-state index in [0.717, 1.165) is 13.1 Å². The van der Waals surface area contributed by atoms with Gasteiger partial charge in [0.1, 0.15) is 16.7 Å². The average Bonchev–Trinajstić information content (AvgIpc) is 2.99. The lowest BCUT2D eigenvalue weighted by Gasteiger charge is -2.17. The summed E-state index contributed by atoms with van der Waals surface area (Å²) in [7, 11) is -3.47. The molecule has 2 saturated heterocycles. The van der Waals surface area contributed by atoms with Gasteiger partial charge in [0.15, 0.2) is 0 Å². The second kappa shape index (κ2) is 4.56. The number of nitrogens with zero attached hydrogens (tertiary/aromatic N) is 3. The second-order valence-corrected chi connectivity index (χ2v) is 6.93. The molecule has 0 aliphatic carbocycles. The van der Waals surface area contributed by atoms with Crippen molar-refractivity contribution in [2.75, 3.05) is 26.2 Å². The highest BCUT2D eigenvalue weighted by atomic mass is 32.2. The minimum atomic E-state index is -3.47. The van der Waals surface area contributed by atoms with Crippen LogP contribution < -0.4 is 5.32 Å². The summed E-state index contributed by atoms with van der Waals surface area (Å²) in [6, 6.07) is 4.77. The van der Waals surface area contributed by atoms with Gasteiger partial charge in [-0.15, -0.1) is 0 Å². The first-order valence-electron chi connectivity index (χ1n) is 6.18. The highest BCUT2D eigenvalue weighted by molar-refractivity contribution is 7.89. The molecule has 2 aliphatic rings. The summed E-state index contributed by atoms with van der Waals surface area (Å²) in [6.45, 7) is 2.92. The first kappa shape index (κ1) is 12.5. The van der Waals surface area contributed by atoms with Crippen molar-refractivity contribution in [3.63, 3.8) is 0 Å². The number of sulfonamides is 1. The van der Waals surface area contributed by atoms with Crippen molar-refractivity contribution in [3.05, 3.63) is 24.0 Å². The van der Waals surface area contributed by atoms with Gasteiger partial charge in [0.2, 0.25) is 10.0 Å². The van der Waals surface area contributed by atoms with Gasteiger partial charge in [0.25, 0.3) is 0 Å². The van der Waals surface area contributed by atoms with E-state index in [1.807, 2.05) is 6.07 Å². The van der Waals surface area contributed by atoms with Crippen molar-refractivity contribution >= 4 is 10.0 Å². The molecule has 1 aromatic rings. The lowest BCUT2D eigenvalue weighted by atomic mass is 10.0. The molecule has 0 bridgehead atoms. The SMILES string of the molecule is N#Cc1ccc(S(=O)(=O)N2CC3CNCC3C2)cn1. The molecule has 1 aromatic heterocycles. The Morgan fingerprint density at radius 3 is 2.53 bits per heavy atom. The molecule has 2 unspecified atom stereocenters. The van der Waals surface area contributed by atoms with Crippen molar-refractivity contribution in [2.24, 2.45) is 11.8 Å². The van der Waals surface area contributed by atoms with Crippen LogP contribution in [-0.4, -0.2) is 43.9 Å². The van der Waals surface area contributed by atoms with Crippen molar-refractivity contribution in [2.45, 2.75) is 4.90 Å². The number of hydrogen-bond acceptors (Lipinski definition) is 5. The highest BCUT2D eigenvalue weighted by Gasteiger charge is 2.41. The summed E-state index contributed by atoms with van der Waals surface area (Å²) in [6.07, 6.45) is 1.26. The predicted molar refractivity (Wildman–Crippen MR) is 67.6 cm³/mol. The fourth-order valence-electron chi connectivity index (χ4n) is 2.76. The number of aromatic nitrogens is 1. The minimum Gasteiger partial charge on any atom is -0.316 e. The maximum atomic E-state index is 12.4. The van der Waals surface area contributed by atoms with Crippen LogP contribution in [0.25, 0.3) is 0 Å². The van der Waals surface area contributed by atoms with Crippen LogP contribution in [0.4, 0.5) is 0 Å². The summed E-state index contributed by atoms with van der Waals surface area (Å²) < 4.78 is 26.4. The van der Waals surface area contributed by atoms with E-state index >= 15 is 0 Å². The van der Waals surface area contributed by atoms with Crippen LogP contribution in [0, 0.1) is 23.2 Å². The zero-order valence-electron chi connectivity index (χ0n) is 10.3. The van der Waals surface area contributed by atoms with Crippen LogP contribution in [0.2, 0.25) is 0 Å². The van der Waals surface area contributed by atoms with Gasteiger partial charge in [-0.1, -0.05) is 0 Å². The molecule has 2 fully saturated rings. The Balaban J connectivity index is 1.84. The van der Waals surface area contributed by atoms with E-state index in [1.165, 1.54) is 22.6 Å². The van der Waals surface area contributed by atoms with Gasteiger partial charge in [-0.05, 0) is 37.1 Å². The van der Waals surface area contributed by atoms with Crippen LogP contribution in [0.3, 0.4) is 0 Å². The molecule has 3 rings (SSSR count). The number of nitrogens with one attached hydrogen (secondary N) is 1. The molecule has 19 heavy (non-hydrogen) atoms. The number of hydrogen-bond donors (Lipinski definition) is 1. The zero-order valence-corrected chi connectivity index (χ0v) is 11.1. The normalized spacial score (nSPS) is 27.1. The molecule has 7 heteroatoms. The molecule has 100 valence electrons. The van der Waals surface area contributed by atoms with Crippen LogP contribution in [-0.2, 0) is 10.0 Å². The maximum Gasteiger partial charge on any atom is 0.244 e. The quantitative estimate of drug-likeness (QED) is 0.809. The summed E-state index contributed by atoms with van der Waals surface area (Å²) in [5.41, 5.74) is 0.224. The standard InChI is InChI=1S/C12H14N4O2S/c13-3-11-1-2-12(6-15-11)19(17,18)16-7-9-4-14-5-10(9)8-16/h1-2,6,9-10,14H,4-5,7-8H2. The molecular formula is C12H14N4O2S. The van der Waals surface area contributed by atoms with Crippen LogP contribution in [0.5, 0.6) is 0 Å². The lowest BCUT2D eigenvalue weighted by molar-refractivity contribution is 0.448. The monoisotopic (exact) mass is 278 g/mol. The van der Waals surface area contributed by atoms with Gasteiger partial charge in [0, 0.05) is 19.3 Å². The highest BCUT2D eigenvalue weighted by Crippen LogP contribution is 2.30. The van der Waals surface area contributed by atoms with E-state index < -0.39 is 10.0 Å². The molecule has 6 nitrogen and oxygen atoms in total. The van der Waals surface area contributed by atoms with Crippen molar-refractivity contribution < 1.29 is 8.42 Å². The van der Waals surface area contributed by atoms with Gasteiger partial charge in [-0.2, -0.15) is 9.57 Å². The third-order valence-corrected chi connectivity index (χ3v) is 5.66. The Morgan fingerprint density at radius 1 is 1.32 bits per heavy atom. The Hall–Kier alpha value is -1.49. The maximum absolute atomic E-state index is 12.4. The third-order valence-electron chi connectivity index (χ3n) is 3.84. The van der Waals surface area contributed by atoms with Gasteiger partial charge >= 0.3 is 0 Å². The molecule has 0 spiro atoms. The Morgan fingerprint density at radius 2 is 2.00 bits per heavy atom. The van der Waals surface area contributed by atoms with E-state index in [9.17, 15) is 8.42 Å². The van der Waals surface area contributed by atoms with E-state index in [-0.39, 0.29) is 10.6 Å². The van der Waals surface area contributed by atoms with Gasteiger partial charge in [-0.25, -0.2) is 13.4 Å². The fourth-order valence-corrected chi connectivity index (χ4v) is 4.26. The molecular weight excluding hydrogens is 264 g/mol. The zero-order chi connectivity index (χ0) is 13.5. The van der Waals surface area contributed by atoms with E-state index in [1.54, 1.807) is 0 Å². The summed E-state index contributed by atoms with van der Waals surface area (Å²) in [5, 5.41) is 12.0. The Kier molecular flexibility index (Phi) is 3.01. The molecule has 2 atom stereocenters. The second-order valence-electron chi connectivity index (χ2n) is 4.99. The van der Waals surface area contributed by atoms with Gasteiger partial charge < -0.3 is 5.32 Å². The third kappa shape index (κ3) is 2.12. The number of fused-ring (bicyclic) bond motifs is 1. The molecule has 3 heterocycles. The summed E-state index contributed by atoms with van der Waals surface area (Å²) in [4.78, 5) is 3.99. The molecule has 0 saturated carbocycles. The first-order valence-corrected chi connectivity index (χ1v) is 7.62. The summed E-state index contributed by atoms with van der Waals surface area (Å²) >= 11 is 0. The molecule has 1 N–H and O–H groups in total. The fraction of sp³-hybridized carbons (Fsp3) is 0.500. The topological polar surface area (TPSA) is 86.1 Å². The van der Waals surface area contributed by atoms with Crippen molar-refractivity contribution in [1.82, 2.24) is 14.6 Å². The van der Waals surface area contributed by atoms with Crippen LogP contribution in [0.15, 0.2) is 23.2 Å². The van der Waals surface area contributed by atoms with Gasteiger partial charge in [0.05, 0.1) is 0 Å². The Labute approximate surface area is 112 Å². The molecule has 2 aliphatic heterocycles. The van der Waals surface area contributed by atoms with Crippen LogP contribution in [0.1, 0.15) is 5.69 Å².